The summed E-state index contributed by atoms with van der Waals surface area (Å²) in [5, 5.41) is 6.31. The van der Waals surface area contributed by atoms with E-state index in [9.17, 15) is 4.79 Å². The standard InChI is InChI=1S/C21H23ClN4O/c1-16-2-7-20-17(14-16)15-23-26(20)9-8-21(27)25-12-10-24(11-13-25)19-5-3-18(22)4-6-19/h2-7,14-15H,8-13H2,1H3. The highest BCUT2D eigenvalue weighted by Crippen LogP contribution is 2.20. The SMILES string of the molecule is Cc1ccc2c(cnn2CCC(=O)N2CCN(c3ccc(Cl)cc3)CC2)c1. The van der Waals surface area contributed by atoms with Gasteiger partial charge in [-0.1, -0.05) is 23.2 Å². The normalized spacial score (nSPS) is 14.7. The zero-order chi connectivity index (χ0) is 18.8. The first kappa shape index (κ1) is 17.9. The van der Waals surface area contributed by atoms with Gasteiger partial charge in [0.15, 0.2) is 0 Å². The van der Waals surface area contributed by atoms with Crippen LogP contribution in [-0.2, 0) is 11.3 Å². The molecule has 1 aliphatic heterocycles. The second kappa shape index (κ2) is 7.61. The van der Waals surface area contributed by atoms with E-state index in [0.29, 0.717) is 13.0 Å². The van der Waals surface area contributed by atoms with Crippen molar-refractivity contribution in [2.24, 2.45) is 0 Å². The smallest absolute Gasteiger partial charge is 0.224 e. The maximum absolute atomic E-state index is 12.6. The molecule has 1 amide bonds. The van der Waals surface area contributed by atoms with E-state index in [-0.39, 0.29) is 5.91 Å². The van der Waals surface area contributed by atoms with Crippen LogP contribution in [0, 0.1) is 6.92 Å². The number of halogens is 1. The molecule has 1 aromatic heterocycles. The number of fused-ring (bicyclic) bond motifs is 1. The average molecular weight is 383 g/mol. The van der Waals surface area contributed by atoms with Crippen LogP contribution in [0.25, 0.3) is 10.9 Å². The number of anilines is 1. The van der Waals surface area contributed by atoms with Crippen molar-refractivity contribution in [1.82, 2.24) is 14.7 Å². The Morgan fingerprint density at radius 2 is 1.81 bits per heavy atom. The molecular weight excluding hydrogens is 360 g/mol. The average Bonchev–Trinajstić information content (AvgIpc) is 3.09. The topological polar surface area (TPSA) is 41.4 Å². The van der Waals surface area contributed by atoms with Crippen molar-refractivity contribution in [3.8, 4) is 0 Å². The molecule has 27 heavy (non-hydrogen) atoms. The van der Waals surface area contributed by atoms with Crippen molar-refractivity contribution >= 4 is 34.1 Å². The predicted molar refractivity (Wildman–Crippen MR) is 109 cm³/mol. The lowest BCUT2D eigenvalue weighted by Crippen LogP contribution is -2.49. The molecule has 5 nitrogen and oxygen atoms in total. The van der Waals surface area contributed by atoms with Gasteiger partial charge in [0, 0.05) is 48.7 Å². The summed E-state index contributed by atoms with van der Waals surface area (Å²) in [5.41, 5.74) is 3.46. The van der Waals surface area contributed by atoms with Crippen LogP contribution in [-0.4, -0.2) is 46.8 Å². The quantitative estimate of drug-likeness (QED) is 0.690. The third-order valence-electron chi connectivity index (χ3n) is 5.16. The number of carbonyl (C=O) groups excluding carboxylic acids is 1. The number of hydrogen-bond acceptors (Lipinski definition) is 3. The largest absolute Gasteiger partial charge is 0.368 e. The third kappa shape index (κ3) is 3.93. The van der Waals surface area contributed by atoms with E-state index in [1.165, 1.54) is 5.56 Å². The predicted octanol–water partition coefficient (Wildman–Crippen LogP) is 3.74. The molecule has 0 spiro atoms. The van der Waals surface area contributed by atoms with Crippen molar-refractivity contribution < 1.29 is 4.79 Å². The first-order valence-electron chi connectivity index (χ1n) is 9.30. The Bertz CT molecular complexity index is 942. The zero-order valence-electron chi connectivity index (χ0n) is 15.4. The fourth-order valence-electron chi connectivity index (χ4n) is 3.61. The number of nitrogens with zero attached hydrogens (tertiary/aromatic N) is 4. The molecule has 1 aliphatic rings. The summed E-state index contributed by atoms with van der Waals surface area (Å²) >= 11 is 5.96. The fraction of sp³-hybridized carbons (Fsp3) is 0.333. The molecule has 0 unspecified atom stereocenters. The molecule has 1 saturated heterocycles. The molecule has 0 radical (unpaired) electrons. The Kier molecular flexibility index (Phi) is 5.03. The third-order valence-corrected chi connectivity index (χ3v) is 5.41. The minimum absolute atomic E-state index is 0.196. The van der Waals surface area contributed by atoms with Crippen LogP contribution in [0.1, 0.15) is 12.0 Å². The van der Waals surface area contributed by atoms with Crippen molar-refractivity contribution in [3.05, 3.63) is 59.2 Å². The number of piperazine rings is 1. The Morgan fingerprint density at radius 1 is 1.07 bits per heavy atom. The molecule has 2 aromatic carbocycles. The number of aromatic nitrogens is 2. The number of benzene rings is 2. The molecule has 4 rings (SSSR count). The second-order valence-corrected chi connectivity index (χ2v) is 7.46. The molecule has 0 aliphatic carbocycles. The number of aryl methyl sites for hydroxylation is 2. The van der Waals surface area contributed by atoms with Gasteiger partial charge in [0.25, 0.3) is 0 Å². The van der Waals surface area contributed by atoms with E-state index in [1.807, 2.05) is 40.0 Å². The maximum atomic E-state index is 12.6. The number of carbonyl (C=O) groups is 1. The minimum atomic E-state index is 0.196. The molecule has 2 heterocycles. The molecule has 0 N–H and O–H groups in total. The van der Waals surface area contributed by atoms with E-state index in [1.54, 1.807) is 0 Å². The van der Waals surface area contributed by atoms with Crippen LogP contribution in [0.3, 0.4) is 0 Å². The summed E-state index contributed by atoms with van der Waals surface area (Å²) in [7, 11) is 0. The summed E-state index contributed by atoms with van der Waals surface area (Å²) in [4.78, 5) is 16.9. The molecular formula is C21H23ClN4O. The van der Waals surface area contributed by atoms with Crippen molar-refractivity contribution in [2.45, 2.75) is 19.9 Å². The molecule has 1 fully saturated rings. The molecule has 0 bridgehead atoms. The molecule has 140 valence electrons. The lowest BCUT2D eigenvalue weighted by atomic mass is 10.2. The van der Waals surface area contributed by atoms with Gasteiger partial charge in [-0.2, -0.15) is 5.10 Å². The Balaban J connectivity index is 1.32. The van der Waals surface area contributed by atoms with Gasteiger partial charge in [0.05, 0.1) is 18.3 Å². The van der Waals surface area contributed by atoms with Crippen LogP contribution < -0.4 is 4.90 Å². The second-order valence-electron chi connectivity index (χ2n) is 7.02. The van der Waals surface area contributed by atoms with Gasteiger partial charge in [-0.05, 0) is 43.3 Å². The van der Waals surface area contributed by atoms with Crippen molar-refractivity contribution in [1.29, 1.82) is 0 Å². The Labute approximate surface area is 164 Å². The minimum Gasteiger partial charge on any atom is -0.368 e. The first-order valence-corrected chi connectivity index (χ1v) is 9.68. The van der Waals surface area contributed by atoms with Gasteiger partial charge in [0.1, 0.15) is 0 Å². The van der Waals surface area contributed by atoms with Crippen LogP contribution in [0.4, 0.5) is 5.69 Å². The number of hydrogen-bond donors (Lipinski definition) is 0. The van der Waals surface area contributed by atoms with E-state index < -0.39 is 0 Å². The van der Waals surface area contributed by atoms with E-state index >= 15 is 0 Å². The highest BCUT2D eigenvalue weighted by molar-refractivity contribution is 6.30. The maximum Gasteiger partial charge on any atom is 0.224 e. The van der Waals surface area contributed by atoms with Crippen LogP contribution in [0.15, 0.2) is 48.7 Å². The van der Waals surface area contributed by atoms with E-state index in [4.69, 9.17) is 11.6 Å². The van der Waals surface area contributed by atoms with Crippen LogP contribution in [0.5, 0.6) is 0 Å². The van der Waals surface area contributed by atoms with Crippen molar-refractivity contribution in [3.63, 3.8) is 0 Å². The summed E-state index contributed by atoms with van der Waals surface area (Å²) in [6.45, 7) is 5.88. The lowest BCUT2D eigenvalue weighted by molar-refractivity contribution is -0.131. The monoisotopic (exact) mass is 382 g/mol. The summed E-state index contributed by atoms with van der Waals surface area (Å²) in [5.74, 6) is 0.196. The highest BCUT2D eigenvalue weighted by Gasteiger charge is 2.21. The number of rotatable bonds is 4. The number of amides is 1. The molecule has 0 saturated carbocycles. The van der Waals surface area contributed by atoms with E-state index in [0.717, 1.165) is 47.8 Å². The summed E-state index contributed by atoms with van der Waals surface area (Å²) in [6, 6.07) is 14.2. The molecule has 0 atom stereocenters. The molecule has 3 aromatic rings. The van der Waals surface area contributed by atoms with Gasteiger partial charge in [0.2, 0.25) is 5.91 Å². The Morgan fingerprint density at radius 3 is 2.56 bits per heavy atom. The fourth-order valence-corrected chi connectivity index (χ4v) is 3.74. The van der Waals surface area contributed by atoms with Crippen LogP contribution in [0.2, 0.25) is 5.02 Å². The van der Waals surface area contributed by atoms with Gasteiger partial charge in [-0.25, -0.2) is 0 Å². The summed E-state index contributed by atoms with van der Waals surface area (Å²) in [6.07, 6.45) is 2.35. The van der Waals surface area contributed by atoms with Gasteiger partial charge in [-0.15, -0.1) is 0 Å². The first-order chi connectivity index (χ1) is 13.1. The summed E-state index contributed by atoms with van der Waals surface area (Å²) < 4.78 is 1.93. The lowest BCUT2D eigenvalue weighted by Gasteiger charge is -2.36. The van der Waals surface area contributed by atoms with Gasteiger partial charge < -0.3 is 9.80 Å². The Hall–Kier alpha value is -2.53. The highest BCUT2D eigenvalue weighted by atomic mass is 35.5. The zero-order valence-corrected chi connectivity index (χ0v) is 16.2. The van der Waals surface area contributed by atoms with Gasteiger partial charge >= 0.3 is 0 Å². The van der Waals surface area contributed by atoms with Crippen molar-refractivity contribution in [2.75, 3.05) is 31.1 Å². The molecule has 6 heteroatoms. The van der Waals surface area contributed by atoms with Gasteiger partial charge in [-0.3, -0.25) is 9.48 Å². The van der Waals surface area contributed by atoms with E-state index in [2.05, 4.69) is 35.1 Å². The van der Waals surface area contributed by atoms with Crippen LogP contribution >= 0.6 is 11.6 Å².